The molecule has 0 unspecified atom stereocenters. The lowest BCUT2D eigenvalue weighted by molar-refractivity contribution is -0.159. The van der Waals surface area contributed by atoms with Gasteiger partial charge in [-0.3, -0.25) is 9.59 Å². The van der Waals surface area contributed by atoms with Crippen LogP contribution in [0, 0.1) is 5.41 Å². The molecule has 1 aliphatic rings. The molecule has 102 valence electrons. The van der Waals surface area contributed by atoms with Crippen molar-refractivity contribution in [1.82, 2.24) is 4.90 Å². The van der Waals surface area contributed by atoms with Crippen LogP contribution >= 0.6 is 0 Å². The van der Waals surface area contributed by atoms with Gasteiger partial charge in [0.1, 0.15) is 6.04 Å². The standard InChI is InChI=1S/C13H21NO4/c1-13(2,3)10(15)11(16)14-8-6-5-7-9(14)12(17)18-4/h9H,5-8H2,1-4H3/t9-/m0/s1. The van der Waals surface area contributed by atoms with E-state index in [1.807, 2.05) is 0 Å². The minimum absolute atomic E-state index is 0.440. The van der Waals surface area contributed by atoms with Gasteiger partial charge in [-0.25, -0.2) is 4.79 Å². The Labute approximate surface area is 107 Å². The summed E-state index contributed by atoms with van der Waals surface area (Å²) in [5, 5.41) is 0. The van der Waals surface area contributed by atoms with E-state index in [0.717, 1.165) is 12.8 Å². The van der Waals surface area contributed by atoms with E-state index >= 15 is 0 Å². The van der Waals surface area contributed by atoms with Crippen molar-refractivity contribution in [2.75, 3.05) is 13.7 Å². The summed E-state index contributed by atoms with van der Waals surface area (Å²) in [4.78, 5) is 37.1. The van der Waals surface area contributed by atoms with Gasteiger partial charge >= 0.3 is 5.97 Å². The summed E-state index contributed by atoms with van der Waals surface area (Å²) >= 11 is 0. The summed E-state index contributed by atoms with van der Waals surface area (Å²) in [6, 6.07) is -0.609. The second-order valence-corrected chi connectivity index (χ2v) is 5.61. The molecular formula is C13H21NO4. The van der Waals surface area contributed by atoms with Crippen molar-refractivity contribution in [2.45, 2.75) is 46.1 Å². The zero-order chi connectivity index (χ0) is 13.9. The third-order valence-electron chi connectivity index (χ3n) is 3.11. The zero-order valence-corrected chi connectivity index (χ0v) is 11.5. The highest BCUT2D eigenvalue weighted by atomic mass is 16.5. The number of likely N-dealkylation sites (tertiary alicyclic amines) is 1. The Morgan fingerprint density at radius 2 is 1.78 bits per heavy atom. The van der Waals surface area contributed by atoms with E-state index in [0.29, 0.717) is 13.0 Å². The summed E-state index contributed by atoms with van der Waals surface area (Å²) < 4.78 is 4.69. The van der Waals surface area contributed by atoms with Crippen LogP contribution in [0.5, 0.6) is 0 Å². The third-order valence-corrected chi connectivity index (χ3v) is 3.11. The lowest BCUT2D eigenvalue weighted by Crippen LogP contribution is -2.52. The van der Waals surface area contributed by atoms with E-state index < -0.39 is 29.1 Å². The molecule has 0 bridgehead atoms. The van der Waals surface area contributed by atoms with Crippen molar-refractivity contribution in [3.63, 3.8) is 0 Å². The number of amides is 1. The molecule has 0 aromatic rings. The number of hydrogen-bond acceptors (Lipinski definition) is 4. The first-order chi connectivity index (χ1) is 8.29. The first-order valence-corrected chi connectivity index (χ1v) is 6.22. The average molecular weight is 255 g/mol. The number of ketones is 1. The SMILES string of the molecule is COC(=O)[C@@H]1CCCCN1C(=O)C(=O)C(C)(C)C. The van der Waals surface area contributed by atoms with Gasteiger partial charge in [0.15, 0.2) is 0 Å². The molecular weight excluding hydrogens is 234 g/mol. The van der Waals surface area contributed by atoms with E-state index in [1.54, 1.807) is 20.8 Å². The number of nitrogens with zero attached hydrogens (tertiary/aromatic N) is 1. The van der Waals surface area contributed by atoms with Gasteiger partial charge in [-0.15, -0.1) is 0 Å². The van der Waals surface area contributed by atoms with Crippen LogP contribution in [0.25, 0.3) is 0 Å². The van der Waals surface area contributed by atoms with Crippen LogP contribution in [0.15, 0.2) is 0 Å². The van der Waals surface area contributed by atoms with Crippen LogP contribution in [-0.4, -0.2) is 42.3 Å². The first-order valence-electron chi connectivity index (χ1n) is 6.22. The Balaban J connectivity index is 2.87. The van der Waals surface area contributed by atoms with Gasteiger partial charge in [0.05, 0.1) is 7.11 Å². The van der Waals surface area contributed by atoms with Crippen molar-refractivity contribution in [3.8, 4) is 0 Å². The summed E-state index contributed by atoms with van der Waals surface area (Å²) in [5.41, 5.74) is -0.727. The maximum absolute atomic E-state index is 12.1. The highest BCUT2D eigenvalue weighted by Gasteiger charge is 2.39. The minimum atomic E-state index is -0.727. The van der Waals surface area contributed by atoms with E-state index in [9.17, 15) is 14.4 Å². The molecule has 0 spiro atoms. The Hall–Kier alpha value is -1.39. The molecule has 1 rings (SSSR count). The number of methoxy groups -OCH3 is 1. The highest BCUT2D eigenvalue weighted by molar-refractivity contribution is 6.38. The number of hydrogen-bond donors (Lipinski definition) is 0. The highest BCUT2D eigenvalue weighted by Crippen LogP contribution is 2.22. The number of Topliss-reactive ketones (excluding diaryl/α,β-unsaturated/α-hetero) is 1. The maximum atomic E-state index is 12.1. The van der Waals surface area contributed by atoms with Crippen molar-refractivity contribution in [2.24, 2.45) is 5.41 Å². The lowest BCUT2D eigenvalue weighted by Gasteiger charge is -2.34. The summed E-state index contributed by atoms with van der Waals surface area (Å²) in [7, 11) is 1.30. The topological polar surface area (TPSA) is 63.7 Å². The molecule has 1 heterocycles. The minimum Gasteiger partial charge on any atom is -0.467 e. The van der Waals surface area contributed by atoms with Crippen LogP contribution in [-0.2, 0) is 19.1 Å². The fourth-order valence-electron chi connectivity index (χ4n) is 2.01. The molecule has 18 heavy (non-hydrogen) atoms. The van der Waals surface area contributed by atoms with Crippen molar-refractivity contribution >= 4 is 17.7 Å². The molecule has 1 aliphatic heterocycles. The number of carbonyl (C=O) groups excluding carboxylic acids is 3. The number of rotatable bonds is 2. The van der Waals surface area contributed by atoms with E-state index in [1.165, 1.54) is 12.0 Å². The quantitative estimate of drug-likeness (QED) is 0.548. The molecule has 0 aliphatic carbocycles. The molecule has 0 aromatic carbocycles. The van der Waals surface area contributed by atoms with Gasteiger partial charge in [0.2, 0.25) is 5.78 Å². The normalized spacial score (nSPS) is 20.4. The largest absolute Gasteiger partial charge is 0.467 e. The van der Waals surface area contributed by atoms with E-state index in [-0.39, 0.29) is 0 Å². The van der Waals surface area contributed by atoms with E-state index in [4.69, 9.17) is 4.74 Å². The van der Waals surface area contributed by atoms with Crippen molar-refractivity contribution in [3.05, 3.63) is 0 Å². The fourth-order valence-corrected chi connectivity index (χ4v) is 2.01. The van der Waals surface area contributed by atoms with Crippen LogP contribution < -0.4 is 0 Å². The Kier molecular flexibility index (Phi) is 4.48. The molecule has 0 saturated carbocycles. The fraction of sp³-hybridized carbons (Fsp3) is 0.769. The lowest BCUT2D eigenvalue weighted by atomic mass is 9.89. The second-order valence-electron chi connectivity index (χ2n) is 5.61. The monoisotopic (exact) mass is 255 g/mol. The zero-order valence-electron chi connectivity index (χ0n) is 11.5. The number of esters is 1. The Morgan fingerprint density at radius 1 is 1.17 bits per heavy atom. The molecule has 1 atom stereocenters. The van der Waals surface area contributed by atoms with Gasteiger partial charge in [-0.05, 0) is 19.3 Å². The summed E-state index contributed by atoms with van der Waals surface area (Å²) in [6.45, 7) is 5.54. The third kappa shape index (κ3) is 3.09. The molecule has 0 radical (unpaired) electrons. The molecule has 0 aromatic heterocycles. The average Bonchev–Trinajstić information content (AvgIpc) is 2.35. The number of piperidine rings is 1. The van der Waals surface area contributed by atoms with Crippen LogP contribution in [0.2, 0.25) is 0 Å². The molecule has 5 heteroatoms. The Bertz CT molecular complexity index is 356. The second kappa shape index (κ2) is 5.50. The molecule has 1 saturated heterocycles. The van der Waals surface area contributed by atoms with Crippen molar-refractivity contribution in [1.29, 1.82) is 0 Å². The molecule has 0 N–H and O–H groups in total. The summed E-state index contributed by atoms with van der Waals surface area (Å²) in [5.74, 6) is -1.47. The first kappa shape index (κ1) is 14.7. The van der Waals surface area contributed by atoms with Crippen LogP contribution in [0.4, 0.5) is 0 Å². The number of ether oxygens (including phenoxy) is 1. The maximum Gasteiger partial charge on any atom is 0.328 e. The van der Waals surface area contributed by atoms with Crippen molar-refractivity contribution < 1.29 is 19.1 Å². The predicted octanol–water partition coefficient (Wildman–Crippen LogP) is 1.16. The van der Waals surface area contributed by atoms with Gasteiger partial charge in [0.25, 0.3) is 5.91 Å². The Morgan fingerprint density at radius 3 is 2.28 bits per heavy atom. The van der Waals surface area contributed by atoms with Gasteiger partial charge in [-0.2, -0.15) is 0 Å². The summed E-state index contributed by atoms with van der Waals surface area (Å²) in [6.07, 6.45) is 2.25. The van der Waals surface area contributed by atoms with Crippen LogP contribution in [0.3, 0.4) is 0 Å². The van der Waals surface area contributed by atoms with Gasteiger partial charge in [-0.1, -0.05) is 20.8 Å². The predicted molar refractivity (Wildman–Crippen MR) is 65.8 cm³/mol. The van der Waals surface area contributed by atoms with Gasteiger partial charge in [0, 0.05) is 12.0 Å². The molecule has 1 amide bonds. The molecule has 1 fully saturated rings. The van der Waals surface area contributed by atoms with Gasteiger partial charge < -0.3 is 9.64 Å². The van der Waals surface area contributed by atoms with Crippen LogP contribution in [0.1, 0.15) is 40.0 Å². The smallest absolute Gasteiger partial charge is 0.328 e. The van der Waals surface area contributed by atoms with E-state index in [2.05, 4.69) is 0 Å². The number of carbonyl (C=O) groups is 3. The molecule has 5 nitrogen and oxygen atoms in total.